The van der Waals surface area contributed by atoms with E-state index in [0.717, 1.165) is 37.9 Å². The molecule has 1 aromatic rings. The SMILES string of the molecule is CCC(OC(=O)N1CCCCc2ccccc21)C(C)C. The van der Waals surface area contributed by atoms with Crippen LogP contribution in [0.3, 0.4) is 0 Å². The highest BCUT2D eigenvalue weighted by Crippen LogP contribution is 2.27. The quantitative estimate of drug-likeness (QED) is 0.818. The Morgan fingerprint density at radius 3 is 2.75 bits per heavy atom. The molecule has 0 fully saturated rings. The summed E-state index contributed by atoms with van der Waals surface area (Å²) in [5, 5.41) is 0. The Labute approximate surface area is 121 Å². The lowest BCUT2D eigenvalue weighted by Crippen LogP contribution is -2.36. The predicted molar refractivity (Wildman–Crippen MR) is 82.1 cm³/mol. The van der Waals surface area contributed by atoms with Gasteiger partial charge in [-0.3, -0.25) is 4.90 Å². The lowest BCUT2D eigenvalue weighted by molar-refractivity contribution is 0.0742. The van der Waals surface area contributed by atoms with E-state index in [0.29, 0.717) is 5.92 Å². The van der Waals surface area contributed by atoms with E-state index in [1.54, 1.807) is 0 Å². The molecule has 0 saturated carbocycles. The summed E-state index contributed by atoms with van der Waals surface area (Å²) in [6.45, 7) is 7.01. The van der Waals surface area contributed by atoms with Gasteiger partial charge in [-0.25, -0.2) is 4.79 Å². The van der Waals surface area contributed by atoms with Crippen LogP contribution in [0.4, 0.5) is 10.5 Å². The second-order valence-electron chi connectivity index (χ2n) is 5.81. The largest absolute Gasteiger partial charge is 0.446 e. The first-order valence-electron chi connectivity index (χ1n) is 7.69. The van der Waals surface area contributed by atoms with Crippen molar-refractivity contribution in [1.82, 2.24) is 0 Å². The molecule has 3 nitrogen and oxygen atoms in total. The van der Waals surface area contributed by atoms with Crippen molar-refractivity contribution >= 4 is 11.8 Å². The predicted octanol–water partition coefficient (Wildman–Crippen LogP) is 4.40. The van der Waals surface area contributed by atoms with Crippen molar-refractivity contribution in [2.24, 2.45) is 5.92 Å². The number of amides is 1. The van der Waals surface area contributed by atoms with Crippen LogP contribution >= 0.6 is 0 Å². The first-order valence-corrected chi connectivity index (χ1v) is 7.69. The molecule has 0 spiro atoms. The third-order valence-corrected chi connectivity index (χ3v) is 3.98. The number of anilines is 1. The summed E-state index contributed by atoms with van der Waals surface area (Å²) >= 11 is 0. The second kappa shape index (κ2) is 6.78. The molecule has 0 N–H and O–H groups in total. The van der Waals surface area contributed by atoms with Crippen LogP contribution in [0.1, 0.15) is 45.6 Å². The van der Waals surface area contributed by atoms with Crippen molar-refractivity contribution in [3.63, 3.8) is 0 Å². The van der Waals surface area contributed by atoms with Gasteiger partial charge in [0.1, 0.15) is 6.10 Å². The molecule has 1 unspecified atom stereocenters. The molecule has 110 valence electrons. The zero-order valence-corrected chi connectivity index (χ0v) is 12.8. The van der Waals surface area contributed by atoms with Gasteiger partial charge in [-0.2, -0.15) is 0 Å². The maximum Gasteiger partial charge on any atom is 0.414 e. The van der Waals surface area contributed by atoms with Gasteiger partial charge in [0.05, 0.1) is 5.69 Å². The summed E-state index contributed by atoms with van der Waals surface area (Å²) in [5.74, 6) is 0.353. The van der Waals surface area contributed by atoms with Gasteiger partial charge >= 0.3 is 6.09 Å². The number of carbonyl (C=O) groups excluding carboxylic acids is 1. The molecule has 0 radical (unpaired) electrons. The first-order chi connectivity index (χ1) is 9.63. The fourth-order valence-corrected chi connectivity index (χ4v) is 2.76. The fraction of sp³-hybridized carbons (Fsp3) is 0.588. The summed E-state index contributed by atoms with van der Waals surface area (Å²) in [6.07, 6.45) is 3.86. The van der Waals surface area contributed by atoms with E-state index in [1.807, 2.05) is 23.1 Å². The maximum absolute atomic E-state index is 12.5. The Bertz CT molecular complexity index is 456. The van der Waals surface area contributed by atoms with Crippen molar-refractivity contribution in [1.29, 1.82) is 0 Å². The number of hydrogen-bond acceptors (Lipinski definition) is 2. The Morgan fingerprint density at radius 2 is 2.05 bits per heavy atom. The van der Waals surface area contributed by atoms with E-state index in [-0.39, 0.29) is 12.2 Å². The molecule has 0 aromatic heterocycles. The number of para-hydroxylation sites is 1. The minimum Gasteiger partial charge on any atom is -0.446 e. The zero-order valence-electron chi connectivity index (χ0n) is 12.8. The molecule has 0 saturated heterocycles. The molecule has 1 amide bonds. The highest BCUT2D eigenvalue weighted by Gasteiger charge is 2.25. The molecular formula is C17H25NO2. The molecule has 20 heavy (non-hydrogen) atoms. The van der Waals surface area contributed by atoms with Crippen molar-refractivity contribution in [3.05, 3.63) is 29.8 Å². The lowest BCUT2D eigenvalue weighted by atomic mass is 10.1. The Hall–Kier alpha value is -1.51. The highest BCUT2D eigenvalue weighted by atomic mass is 16.6. The van der Waals surface area contributed by atoms with E-state index < -0.39 is 0 Å². The monoisotopic (exact) mass is 275 g/mol. The molecule has 1 aromatic carbocycles. The van der Waals surface area contributed by atoms with Crippen molar-refractivity contribution in [3.8, 4) is 0 Å². The number of hydrogen-bond donors (Lipinski definition) is 0. The summed E-state index contributed by atoms with van der Waals surface area (Å²) in [4.78, 5) is 14.3. The van der Waals surface area contributed by atoms with Gasteiger partial charge in [0, 0.05) is 6.54 Å². The Kier molecular flexibility index (Phi) is 5.05. The van der Waals surface area contributed by atoms with Gasteiger partial charge in [0.15, 0.2) is 0 Å². The summed E-state index contributed by atoms with van der Waals surface area (Å²) in [6, 6.07) is 8.17. The minimum absolute atomic E-state index is 0.00193. The zero-order chi connectivity index (χ0) is 14.5. The number of aryl methyl sites for hydroxylation is 1. The third-order valence-electron chi connectivity index (χ3n) is 3.98. The topological polar surface area (TPSA) is 29.5 Å². The molecule has 1 aliphatic heterocycles. The van der Waals surface area contributed by atoms with Crippen molar-refractivity contribution < 1.29 is 9.53 Å². The number of ether oxygens (including phenoxy) is 1. The molecule has 2 rings (SSSR count). The standard InChI is InChI=1S/C17H25NO2/c1-4-16(13(2)3)20-17(19)18-12-8-7-10-14-9-5-6-11-15(14)18/h5-6,9,11,13,16H,4,7-8,10,12H2,1-3H3. The summed E-state index contributed by atoms with van der Waals surface area (Å²) in [7, 11) is 0. The lowest BCUT2D eigenvalue weighted by Gasteiger charge is -2.27. The van der Waals surface area contributed by atoms with Gasteiger partial charge in [0.2, 0.25) is 0 Å². The smallest absolute Gasteiger partial charge is 0.414 e. The van der Waals surface area contributed by atoms with E-state index in [1.165, 1.54) is 5.56 Å². The maximum atomic E-state index is 12.5. The second-order valence-corrected chi connectivity index (χ2v) is 5.81. The minimum atomic E-state index is -0.195. The van der Waals surface area contributed by atoms with Crippen molar-refractivity contribution in [2.75, 3.05) is 11.4 Å². The number of nitrogens with zero attached hydrogens (tertiary/aromatic N) is 1. The van der Waals surface area contributed by atoms with Crippen LogP contribution < -0.4 is 4.90 Å². The van der Waals surface area contributed by atoms with Crippen LogP contribution in [0.25, 0.3) is 0 Å². The van der Waals surface area contributed by atoms with Crippen LogP contribution in [-0.2, 0) is 11.2 Å². The number of rotatable bonds is 3. The van der Waals surface area contributed by atoms with E-state index >= 15 is 0 Å². The average molecular weight is 275 g/mol. The molecule has 0 aliphatic carbocycles. The van der Waals surface area contributed by atoms with Gasteiger partial charge < -0.3 is 4.74 Å². The fourth-order valence-electron chi connectivity index (χ4n) is 2.76. The van der Waals surface area contributed by atoms with Gasteiger partial charge in [-0.15, -0.1) is 0 Å². The Morgan fingerprint density at radius 1 is 1.30 bits per heavy atom. The van der Waals surface area contributed by atoms with Gasteiger partial charge in [0.25, 0.3) is 0 Å². The van der Waals surface area contributed by atoms with Crippen LogP contribution in [-0.4, -0.2) is 18.7 Å². The van der Waals surface area contributed by atoms with Crippen LogP contribution in [0.15, 0.2) is 24.3 Å². The van der Waals surface area contributed by atoms with Crippen molar-refractivity contribution in [2.45, 2.75) is 52.6 Å². The average Bonchev–Trinajstić information content (AvgIpc) is 2.66. The molecular weight excluding hydrogens is 250 g/mol. The van der Waals surface area contributed by atoms with E-state index in [9.17, 15) is 4.79 Å². The van der Waals surface area contributed by atoms with Crippen LogP contribution in [0.5, 0.6) is 0 Å². The van der Waals surface area contributed by atoms with Crippen LogP contribution in [0, 0.1) is 5.92 Å². The highest BCUT2D eigenvalue weighted by molar-refractivity contribution is 5.89. The number of carbonyl (C=O) groups is 1. The molecule has 3 heteroatoms. The summed E-state index contributed by atoms with van der Waals surface area (Å²) in [5.41, 5.74) is 2.27. The van der Waals surface area contributed by atoms with E-state index in [2.05, 4.69) is 26.8 Å². The normalized spacial score (nSPS) is 16.5. The van der Waals surface area contributed by atoms with Gasteiger partial charge in [-0.1, -0.05) is 39.0 Å². The number of benzene rings is 1. The first kappa shape index (κ1) is 14.9. The van der Waals surface area contributed by atoms with Crippen LogP contribution in [0.2, 0.25) is 0 Å². The molecule has 1 aliphatic rings. The molecule has 1 heterocycles. The molecule has 1 atom stereocenters. The third kappa shape index (κ3) is 3.33. The van der Waals surface area contributed by atoms with E-state index in [4.69, 9.17) is 4.74 Å². The number of fused-ring (bicyclic) bond motifs is 1. The molecule has 0 bridgehead atoms. The Balaban J connectivity index is 2.17. The summed E-state index contributed by atoms with van der Waals surface area (Å²) < 4.78 is 5.70. The van der Waals surface area contributed by atoms with Gasteiger partial charge in [-0.05, 0) is 43.2 Å².